The van der Waals surface area contributed by atoms with Crippen molar-refractivity contribution in [2.45, 2.75) is 25.7 Å². The number of carbonyl (C=O) groups excluding carboxylic acids is 1. The Morgan fingerprint density at radius 2 is 2.10 bits per heavy atom. The third kappa shape index (κ3) is 4.65. The molecule has 110 valence electrons. The number of para-hydroxylation sites is 1. The predicted molar refractivity (Wildman–Crippen MR) is 85.0 cm³/mol. The fraction of sp³-hybridized carbons (Fsp3) is 0.312. The summed E-state index contributed by atoms with van der Waals surface area (Å²) in [6, 6.07) is 9.75. The van der Waals surface area contributed by atoms with E-state index in [-0.39, 0.29) is 5.91 Å². The highest BCUT2D eigenvalue weighted by atomic mass is 16.2. The van der Waals surface area contributed by atoms with E-state index >= 15 is 0 Å². The SMILES string of the molecule is NCCCCCC(=O)N/N=C\c1cccc2cccnc12. The molecule has 2 aromatic rings. The molecule has 0 unspecified atom stereocenters. The quantitative estimate of drug-likeness (QED) is 0.464. The van der Waals surface area contributed by atoms with Crippen LogP contribution in [-0.2, 0) is 4.79 Å². The molecule has 0 bridgehead atoms. The number of nitrogens with one attached hydrogen (secondary N) is 1. The summed E-state index contributed by atoms with van der Waals surface area (Å²) in [7, 11) is 0. The number of nitrogens with zero attached hydrogens (tertiary/aromatic N) is 2. The summed E-state index contributed by atoms with van der Waals surface area (Å²) >= 11 is 0. The minimum absolute atomic E-state index is 0.0727. The molecule has 3 N–H and O–H groups in total. The van der Waals surface area contributed by atoms with Gasteiger partial charge in [-0.1, -0.05) is 30.7 Å². The van der Waals surface area contributed by atoms with Gasteiger partial charge in [-0.3, -0.25) is 9.78 Å². The molecule has 0 spiro atoms. The van der Waals surface area contributed by atoms with Crippen molar-refractivity contribution in [3.8, 4) is 0 Å². The molecular formula is C16H20N4O. The van der Waals surface area contributed by atoms with Crippen LogP contribution in [-0.4, -0.2) is 23.7 Å². The van der Waals surface area contributed by atoms with Crippen LogP contribution in [0.1, 0.15) is 31.2 Å². The van der Waals surface area contributed by atoms with Crippen LogP contribution in [0.15, 0.2) is 41.6 Å². The van der Waals surface area contributed by atoms with Crippen LogP contribution >= 0.6 is 0 Å². The van der Waals surface area contributed by atoms with E-state index < -0.39 is 0 Å². The summed E-state index contributed by atoms with van der Waals surface area (Å²) in [5.74, 6) is -0.0727. The van der Waals surface area contributed by atoms with Gasteiger partial charge < -0.3 is 5.73 Å². The first-order chi connectivity index (χ1) is 10.3. The van der Waals surface area contributed by atoms with Crippen molar-refractivity contribution >= 4 is 23.0 Å². The summed E-state index contributed by atoms with van der Waals surface area (Å²) in [4.78, 5) is 15.9. The molecule has 5 heteroatoms. The van der Waals surface area contributed by atoms with Crippen LogP contribution in [0.3, 0.4) is 0 Å². The highest BCUT2D eigenvalue weighted by Gasteiger charge is 2.00. The van der Waals surface area contributed by atoms with E-state index in [9.17, 15) is 4.79 Å². The smallest absolute Gasteiger partial charge is 0.240 e. The zero-order chi connectivity index (χ0) is 14.9. The number of benzene rings is 1. The second-order valence-electron chi connectivity index (χ2n) is 4.81. The van der Waals surface area contributed by atoms with Crippen LogP contribution in [0.4, 0.5) is 0 Å². The fourth-order valence-corrected chi connectivity index (χ4v) is 2.07. The van der Waals surface area contributed by atoms with Crippen LogP contribution in [0.25, 0.3) is 10.9 Å². The lowest BCUT2D eigenvalue weighted by Crippen LogP contribution is -2.17. The Hall–Kier alpha value is -2.27. The summed E-state index contributed by atoms with van der Waals surface area (Å²) < 4.78 is 0. The second kappa shape index (κ2) is 8.11. The number of fused-ring (bicyclic) bond motifs is 1. The zero-order valence-corrected chi connectivity index (χ0v) is 12.0. The van der Waals surface area contributed by atoms with E-state index in [0.717, 1.165) is 35.7 Å². The summed E-state index contributed by atoms with van der Waals surface area (Å²) in [5, 5.41) is 5.05. The van der Waals surface area contributed by atoms with E-state index in [0.29, 0.717) is 13.0 Å². The Kier molecular flexibility index (Phi) is 5.84. The molecule has 1 aromatic heterocycles. The number of pyridine rings is 1. The summed E-state index contributed by atoms with van der Waals surface area (Å²) in [6.45, 7) is 0.674. The van der Waals surface area contributed by atoms with Gasteiger partial charge in [0, 0.05) is 23.6 Å². The Morgan fingerprint density at radius 1 is 1.24 bits per heavy atom. The van der Waals surface area contributed by atoms with Gasteiger partial charge in [-0.25, -0.2) is 5.43 Å². The number of nitrogens with two attached hydrogens (primary N) is 1. The monoisotopic (exact) mass is 284 g/mol. The maximum absolute atomic E-state index is 11.6. The van der Waals surface area contributed by atoms with Crippen LogP contribution < -0.4 is 11.2 Å². The predicted octanol–water partition coefficient (Wildman–Crippen LogP) is 2.20. The fourth-order valence-electron chi connectivity index (χ4n) is 2.07. The molecule has 0 radical (unpaired) electrons. The average molecular weight is 284 g/mol. The molecule has 0 fully saturated rings. The average Bonchev–Trinajstić information content (AvgIpc) is 2.52. The van der Waals surface area contributed by atoms with Crippen LogP contribution in [0, 0.1) is 0 Å². The topological polar surface area (TPSA) is 80.4 Å². The van der Waals surface area contributed by atoms with E-state index in [1.165, 1.54) is 0 Å². The van der Waals surface area contributed by atoms with Crippen molar-refractivity contribution in [3.63, 3.8) is 0 Å². The molecule has 0 saturated carbocycles. The highest BCUT2D eigenvalue weighted by molar-refractivity contribution is 5.97. The maximum Gasteiger partial charge on any atom is 0.240 e. The number of carbonyl (C=O) groups is 1. The number of hydrogen-bond acceptors (Lipinski definition) is 4. The molecule has 0 aliphatic rings. The molecule has 0 aliphatic heterocycles. The van der Waals surface area contributed by atoms with Gasteiger partial charge in [0.2, 0.25) is 5.91 Å². The first-order valence-electron chi connectivity index (χ1n) is 7.17. The van der Waals surface area contributed by atoms with Crippen molar-refractivity contribution in [2.75, 3.05) is 6.54 Å². The zero-order valence-electron chi connectivity index (χ0n) is 12.0. The number of unbranched alkanes of at least 4 members (excludes halogenated alkanes) is 2. The lowest BCUT2D eigenvalue weighted by atomic mass is 10.1. The number of hydrogen-bond donors (Lipinski definition) is 2. The van der Waals surface area contributed by atoms with E-state index in [1.807, 2.05) is 30.3 Å². The van der Waals surface area contributed by atoms with Gasteiger partial charge in [-0.05, 0) is 25.5 Å². The Morgan fingerprint density at radius 3 is 2.95 bits per heavy atom. The molecule has 0 saturated heterocycles. The van der Waals surface area contributed by atoms with Crippen LogP contribution in [0.5, 0.6) is 0 Å². The number of hydrazone groups is 1. The number of amides is 1. The number of rotatable bonds is 7. The minimum Gasteiger partial charge on any atom is -0.330 e. The Balaban J connectivity index is 1.90. The molecule has 1 heterocycles. The van der Waals surface area contributed by atoms with Crippen molar-refractivity contribution in [1.82, 2.24) is 10.4 Å². The van der Waals surface area contributed by atoms with E-state index in [1.54, 1.807) is 12.4 Å². The number of aromatic nitrogens is 1. The largest absolute Gasteiger partial charge is 0.330 e. The molecule has 1 aromatic carbocycles. The molecule has 2 rings (SSSR count). The Bertz CT molecular complexity index is 619. The maximum atomic E-state index is 11.6. The lowest BCUT2D eigenvalue weighted by Gasteiger charge is -2.01. The van der Waals surface area contributed by atoms with Gasteiger partial charge in [0.15, 0.2) is 0 Å². The van der Waals surface area contributed by atoms with Gasteiger partial charge in [0.1, 0.15) is 0 Å². The van der Waals surface area contributed by atoms with E-state index in [4.69, 9.17) is 5.73 Å². The van der Waals surface area contributed by atoms with Gasteiger partial charge in [0.05, 0.1) is 11.7 Å². The highest BCUT2D eigenvalue weighted by Crippen LogP contribution is 2.13. The van der Waals surface area contributed by atoms with Gasteiger partial charge >= 0.3 is 0 Å². The van der Waals surface area contributed by atoms with E-state index in [2.05, 4.69) is 15.5 Å². The second-order valence-corrected chi connectivity index (χ2v) is 4.81. The van der Waals surface area contributed by atoms with Crippen molar-refractivity contribution in [1.29, 1.82) is 0 Å². The van der Waals surface area contributed by atoms with Crippen molar-refractivity contribution in [2.24, 2.45) is 10.8 Å². The van der Waals surface area contributed by atoms with Crippen molar-refractivity contribution in [3.05, 3.63) is 42.1 Å². The molecule has 21 heavy (non-hydrogen) atoms. The summed E-state index contributed by atoms with van der Waals surface area (Å²) in [5.41, 5.74) is 9.71. The normalized spacial score (nSPS) is 11.1. The molecule has 1 amide bonds. The third-order valence-corrected chi connectivity index (χ3v) is 3.16. The molecular weight excluding hydrogens is 264 g/mol. The van der Waals surface area contributed by atoms with Gasteiger partial charge in [-0.15, -0.1) is 0 Å². The molecule has 0 aliphatic carbocycles. The van der Waals surface area contributed by atoms with Crippen LogP contribution in [0.2, 0.25) is 0 Å². The lowest BCUT2D eigenvalue weighted by molar-refractivity contribution is -0.121. The summed E-state index contributed by atoms with van der Waals surface area (Å²) in [6.07, 6.45) is 6.63. The molecule has 5 nitrogen and oxygen atoms in total. The van der Waals surface area contributed by atoms with Gasteiger partial charge in [-0.2, -0.15) is 5.10 Å². The Labute approximate surface area is 124 Å². The van der Waals surface area contributed by atoms with Crippen molar-refractivity contribution < 1.29 is 4.79 Å². The van der Waals surface area contributed by atoms with Gasteiger partial charge in [0.25, 0.3) is 0 Å². The standard InChI is InChI=1S/C16H20N4O/c17-10-3-1-2-9-15(21)20-19-12-14-7-4-6-13-8-5-11-18-16(13)14/h4-8,11-12H,1-3,9-10,17H2,(H,20,21)/b19-12-. The molecule has 0 atom stereocenters. The first-order valence-corrected chi connectivity index (χ1v) is 7.17. The minimum atomic E-state index is -0.0727. The first kappa shape index (κ1) is 15.1. The third-order valence-electron chi connectivity index (χ3n) is 3.16.